The van der Waals surface area contributed by atoms with Gasteiger partial charge in [-0.15, -0.1) is 12.4 Å². The van der Waals surface area contributed by atoms with E-state index < -0.39 is 0 Å². The number of hydrogen-bond donors (Lipinski definition) is 2. The van der Waals surface area contributed by atoms with Gasteiger partial charge in [-0.1, -0.05) is 0 Å². The second-order valence-electron chi connectivity index (χ2n) is 2.59. The van der Waals surface area contributed by atoms with Crippen molar-refractivity contribution in [3.63, 3.8) is 0 Å². The van der Waals surface area contributed by atoms with Crippen LogP contribution < -0.4 is 10.5 Å². The Bertz CT molecular complexity index is 266. The van der Waals surface area contributed by atoms with Gasteiger partial charge < -0.3 is 15.6 Å². The van der Waals surface area contributed by atoms with Crippen LogP contribution in [-0.2, 0) is 0 Å². The highest BCUT2D eigenvalue weighted by Gasteiger charge is 1.98. The van der Waals surface area contributed by atoms with E-state index in [0.717, 1.165) is 11.3 Å². The molecule has 0 unspecified atom stereocenters. The van der Waals surface area contributed by atoms with Crippen LogP contribution in [0.5, 0.6) is 11.5 Å². The average Bonchev–Trinajstić information content (AvgIpc) is 2.03. The number of halogens is 1. The predicted octanol–water partition coefficient (Wildman–Crippen LogP) is 1.46. The molecule has 0 bridgehead atoms. The molecular formula is C9H14ClNO2. The van der Waals surface area contributed by atoms with Gasteiger partial charge in [-0.2, -0.15) is 0 Å². The molecule has 0 saturated heterocycles. The third-order valence-electron chi connectivity index (χ3n) is 1.53. The minimum absolute atomic E-state index is 0. The Balaban J connectivity index is 0.00000144. The standard InChI is InChI=1S/C9H13NO2.ClH/c1-7-6-8(11)2-3-9(7)12-5-4-10;/h2-3,6,11H,4-5,10H2,1H3;1H. The smallest absolute Gasteiger partial charge is 0.122 e. The first-order valence-electron chi connectivity index (χ1n) is 3.86. The molecule has 0 aliphatic heterocycles. The van der Waals surface area contributed by atoms with E-state index in [1.165, 1.54) is 0 Å². The molecule has 1 rings (SSSR count). The van der Waals surface area contributed by atoms with E-state index in [2.05, 4.69) is 0 Å². The first-order chi connectivity index (χ1) is 5.74. The molecule has 0 fully saturated rings. The molecule has 0 aromatic heterocycles. The van der Waals surface area contributed by atoms with Crippen LogP contribution in [0.15, 0.2) is 18.2 Å². The highest BCUT2D eigenvalue weighted by molar-refractivity contribution is 5.85. The summed E-state index contributed by atoms with van der Waals surface area (Å²) in [6, 6.07) is 4.99. The minimum atomic E-state index is 0. The van der Waals surface area contributed by atoms with Gasteiger partial charge in [-0.3, -0.25) is 0 Å². The number of phenolic OH excluding ortho intramolecular Hbond substituents is 1. The van der Waals surface area contributed by atoms with Crippen molar-refractivity contribution in [2.45, 2.75) is 6.92 Å². The summed E-state index contributed by atoms with van der Waals surface area (Å²) in [5, 5.41) is 9.08. The van der Waals surface area contributed by atoms with Crippen molar-refractivity contribution in [1.29, 1.82) is 0 Å². The van der Waals surface area contributed by atoms with Crippen LogP contribution in [0.2, 0.25) is 0 Å². The first-order valence-corrected chi connectivity index (χ1v) is 3.86. The number of rotatable bonds is 3. The fourth-order valence-electron chi connectivity index (χ4n) is 0.964. The molecular weight excluding hydrogens is 190 g/mol. The van der Waals surface area contributed by atoms with Crippen molar-refractivity contribution in [3.05, 3.63) is 23.8 Å². The van der Waals surface area contributed by atoms with Crippen LogP contribution in [-0.4, -0.2) is 18.3 Å². The van der Waals surface area contributed by atoms with Gasteiger partial charge in [0.2, 0.25) is 0 Å². The van der Waals surface area contributed by atoms with Gasteiger partial charge in [-0.05, 0) is 30.7 Å². The highest BCUT2D eigenvalue weighted by Crippen LogP contribution is 2.21. The zero-order chi connectivity index (χ0) is 8.97. The van der Waals surface area contributed by atoms with Crippen LogP contribution in [0.4, 0.5) is 0 Å². The fourth-order valence-corrected chi connectivity index (χ4v) is 0.964. The lowest BCUT2D eigenvalue weighted by Gasteiger charge is -2.07. The van der Waals surface area contributed by atoms with Crippen molar-refractivity contribution in [3.8, 4) is 11.5 Å². The summed E-state index contributed by atoms with van der Waals surface area (Å²) in [6.45, 7) is 2.89. The SMILES string of the molecule is Cc1cc(O)ccc1OCCN.Cl. The largest absolute Gasteiger partial charge is 0.508 e. The monoisotopic (exact) mass is 203 g/mol. The molecule has 3 N–H and O–H groups in total. The maximum atomic E-state index is 9.08. The summed E-state index contributed by atoms with van der Waals surface area (Å²) < 4.78 is 5.30. The summed E-state index contributed by atoms with van der Waals surface area (Å²) in [5.41, 5.74) is 6.20. The number of phenols is 1. The topological polar surface area (TPSA) is 55.5 Å². The molecule has 0 radical (unpaired) electrons. The van der Waals surface area contributed by atoms with Crippen molar-refractivity contribution in [2.24, 2.45) is 5.73 Å². The molecule has 0 aliphatic rings. The van der Waals surface area contributed by atoms with Crippen LogP contribution in [0.1, 0.15) is 5.56 Å². The van der Waals surface area contributed by atoms with Gasteiger partial charge in [0, 0.05) is 6.54 Å². The van der Waals surface area contributed by atoms with E-state index in [4.69, 9.17) is 15.6 Å². The van der Waals surface area contributed by atoms with Crippen LogP contribution >= 0.6 is 12.4 Å². The lowest BCUT2D eigenvalue weighted by Crippen LogP contribution is -2.10. The molecule has 0 aliphatic carbocycles. The highest BCUT2D eigenvalue weighted by atomic mass is 35.5. The summed E-state index contributed by atoms with van der Waals surface area (Å²) >= 11 is 0. The Hall–Kier alpha value is -0.930. The summed E-state index contributed by atoms with van der Waals surface area (Å²) in [6.07, 6.45) is 0. The second-order valence-corrected chi connectivity index (χ2v) is 2.59. The average molecular weight is 204 g/mol. The number of hydrogen-bond acceptors (Lipinski definition) is 3. The fraction of sp³-hybridized carbons (Fsp3) is 0.333. The molecule has 0 spiro atoms. The molecule has 4 heteroatoms. The van der Waals surface area contributed by atoms with Crippen LogP contribution in [0.25, 0.3) is 0 Å². The van der Waals surface area contributed by atoms with E-state index in [1.54, 1.807) is 18.2 Å². The van der Waals surface area contributed by atoms with Gasteiger partial charge in [0.25, 0.3) is 0 Å². The van der Waals surface area contributed by atoms with Crippen molar-refractivity contribution in [1.82, 2.24) is 0 Å². The number of aryl methyl sites for hydroxylation is 1. The van der Waals surface area contributed by atoms with Crippen molar-refractivity contribution in [2.75, 3.05) is 13.2 Å². The Morgan fingerprint density at radius 2 is 2.15 bits per heavy atom. The summed E-state index contributed by atoms with van der Waals surface area (Å²) in [5.74, 6) is 1.03. The molecule has 1 aromatic rings. The third kappa shape index (κ3) is 3.53. The van der Waals surface area contributed by atoms with Gasteiger partial charge in [-0.25, -0.2) is 0 Å². The lowest BCUT2D eigenvalue weighted by atomic mass is 10.2. The zero-order valence-electron chi connectivity index (χ0n) is 7.49. The lowest BCUT2D eigenvalue weighted by molar-refractivity contribution is 0.325. The molecule has 0 saturated carbocycles. The number of nitrogens with two attached hydrogens (primary N) is 1. The third-order valence-corrected chi connectivity index (χ3v) is 1.53. The zero-order valence-corrected chi connectivity index (χ0v) is 8.30. The Morgan fingerprint density at radius 3 is 2.69 bits per heavy atom. The van der Waals surface area contributed by atoms with E-state index in [1.807, 2.05) is 6.92 Å². The Morgan fingerprint density at radius 1 is 1.46 bits per heavy atom. The maximum Gasteiger partial charge on any atom is 0.122 e. The molecule has 0 atom stereocenters. The predicted molar refractivity (Wildman–Crippen MR) is 54.6 cm³/mol. The molecule has 1 aromatic carbocycles. The molecule has 74 valence electrons. The van der Waals surface area contributed by atoms with E-state index in [-0.39, 0.29) is 18.2 Å². The van der Waals surface area contributed by atoms with Gasteiger partial charge in [0.1, 0.15) is 18.1 Å². The van der Waals surface area contributed by atoms with Gasteiger partial charge >= 0.3 is 0 Å². The van der Waals surface area contributed by atoms with E-state index in [9.17, 15) is 0 Å². The Labute approximate surface area is 83.9 Å². The molecule has 0 heterocycles. The number of aromatic hydroxyl groups is 1. The van der Waals surface area contributed by atoms with Gasteiger partial charge in [0.15, 0.2) is 0 Å². The molecule has 3 nitrogen and oxygen atoms in total. The normalized spacial score (nSPS) is 9.08. The first kappa shape index (κ1) is 12.1. The maximum absolute atomic E-state index is 9.08. The van der Waals surface area contributed by atoms with Crippen LogP contribution in [0, 0.1) is 6.92 Å². The van der Waals surface area contributed by atoms with E-state index in [0.29, 0.717) is 13.2 Å². The van der Waals surface area contributed by atoms with Crippen molar-refractivity contribution >= 4 is 12.4 Å². The molecule has 0 amide bonds. The van der Waals surface area contributed by atoms with Crippen LogP contribution in [0.3, 0.4) is 0 Å². The number of ether oxygens (including phenoxy) is 1. The Kier molecular flexibility index (Phi) is 5.26. The van der Waals surface area contributed by atoms with E-state index >= 15 is 0 Å². The quantitative estimate of drug-likeness (QED) is 0.782. The molecule has 13 heavy (non-hydrogen) atoms. The number of benzene rings is 1. The summed E-state index contributed by atoms with van der Waals surface area (Å²) in [4.78, 5) is 0. The second kappa shape index (κ2) is 5.67. The summed E-state index contributed by atoms with van der Waals surface area (Å²) in [7, 11) is 0. The van der Waals surface area contributed by atoms with Crippen molar-refractivity contribution < 1.29 is 9.84 Å². The minimum Gasteiger partial charge on any atom is -0.508 e. The van der Waals surface area contributed by atoms with Gasteiger partial charge in [0.05, 0.1) is 0 Å².